The lowest BCUT2D eigenvalue weighted by Gasteiger charge is -2.07. The molecule has 0 radical (unpaired) electrons. The van der Waals surface area contributed by atoms with E-state index in [0.29, 0.717) is 23.4 Å². The predicted molar refractivity (Wildman–Crippen MR) is 83.2 cm³/mol. The Morgan fingerprint density at radius 1 is 1.21 bits per heavy atom. The zero-order chi connectivity index (χ0) is 17.4. The van der Waals surface area contributed by atoms with Crippen molar-refractivity contribution in [2.45, 2.75) is 0 Å². The first-order valence-electron chi connectivity index (χ1n) is 6.71. The zero-order valence-electron chi connectivity index (χ0n) is 12.2. The lowest BCUT2D eigenvalue weighted by atomic mass is 10.1. The number of hydrogen-bond acceptors (Lipinski definition) is 4. The summed E-state index contributed by atoms with van der Waals surface area (Å²) < 4.78 is 26.3. The number of fused-ring (bicyclic) bond motifs is 1. The number of hydrogen-bond donors (Lipinski definition) is 0. The monoisotopic (exact) mass is 350 g/mol. The number of carbonyl (C=O) groups is 2. The van der Waals surface area contributed by atoms with Gasteiger partial charge in [0.1, 0.15) is 0 Å². The summed E-state index contributed by atoms with van der Waals surface area (Å²) in [5.74, 6) is -4.00. The lowest BCUT2D eigenvalue weighted by Crippen LogP contribution is -2.26. The molecule has 3 rings (SSSR count). The summed E-state index contributed by atoms with van der Waals surface area (Å²) in [4.78, 5) is 30.1. The number of rotatable bonds is 2. The van der Waals surface area contributed by atoms with E-state index in [1.165, 1.54) is 4.90 Å². The Morgan fingerprint density at radius 3 is 2.62 bits per heavy atom. The van der Waals surface area contributed by atoms with E-state index in [9.17, 15) is 18.4 Å². The second-order valence-corrected chi connectivity index (χ2v) is 5.35. The van der Waals surface area contributed by atoms with Crippen molar-refractivity contribution in [3.63, 3.8) is 0 Å². The number of nitrogens with zero attached hydrogens (tertiary/aromatic N) is 2. The van der Waals surface area contributed by atoms with Crippen molar-refractivity contribution < 1.29 is 23.2 Å². The molecule has 0 aliphatic carbocycles. The minimum absolute atomic E-state index is 0.0693. The Morgan fingerprint density at radius 2 is 1.88 bits per heavy atom. The Kier molecular flexibility index (Phi) is 4.02. The number of para-hydroxylation sites is 1. The van der Waals surface area contributed by atoms with E-state index in [1.54, 1.807) is 31.3 Å². The van der Waals surface area contributed by atoms with Crippen LogP contribution in [-0.2, 0) is 9.63 Å². The number of oxime groups is 1. The van der Waals surface area contributed by atoms with Crippen LogP contribution in [-0.4, -0.2) is 24.6 Å². The van der Waals surface area contributed by atoms with Crippen molar-refractivity contribution in [1.82, 2.24) is 0 Å². The van der Waals surface area contributed by atoms with Gasteiger partial charge >= 0.3 is 5.97 Å². The summed E-state index contributed by atoms with van der Waals surface area (Å²) in [6, 6.07) is 8.08. The molecular weight excluding hydrogens is 342 g/mol. The van der Waals surface area contributed by atoms with Crippen molar-refractivity contribution in [2.75, 3.05) is 11.9 Å². The van der Waals surface area contributed by atoms with Crippen LogP contribution in [0.25, 0.3) is 0 Å². The highest BCUT2D eigenvalue weighted by Gasteiger charge is 2.32. The van der Waals surface area contributed by atoms with Gasteiger partial charge in [-0.1, -0.05) is 35.0 Å². The Balaban J connectivity index is 1.90. The molecule has 0 atom stereocenters. The van der Waals surface area contributed by atoms with Crippen molar-refractivity contribution in [3.8, 4) is 0 Å². The van der Waals surface area contributed by atoms with Gasteiger partial charge in [-0.2, -0.15) is 0 Å². The number of anilines is 1. The zero-order valence-corrected chi connectivity index (χ0v) is 13.0. The molecule has 8 heteroatoms. The molecule has 0 fully saturated rings. The highest BCUT2D eigenvalue weighted by molar-refractivity contribution is 6.54. The van der Waals surface area contributed by atoms with Gasteiger partial charge in [-0.05, 0) is 18.2 Å². The maximum Gasteiger partial charge on any atom is 0.367 e. The van der Waals surface area contributed by atoms with Crippen LogP contribution < -0.4 is 4.90 Å². The van der Waals surface area contributed by atoms with E-state index >= 15 is 0 Å². The average molecular weight is 351 g/mol. The molecule has 2 aromatic carbocycles. The molecule has 0 saturated carbocycles. The Hall–Kier alpha value is -2.80. The van der Waals surface area contributed by atoms with Crippen LogP contribution in [0.2, 0.25) is 5.02 Å². The summed E-state index contributed by atoms with van der Waals surface area (Å²) in [5, 5.41) is 3.24. The maximum atomic E-state index is 13.2. The van der Waals surface area contributed by atoms with Crippen LogP contribution in [0.3, 0.4) is 0 Å². The highest BCUT2D eigenvalue weighted by atomic mass is 35.5. The molecule has 1 amide bonds. The second-order valence-electron chi connectivity index (χ2n) is 4.95. The minimum atomic E-state index is -1.25. The standard InChI is InChI=1S/C16H9ClF2N2O3/c1-21-13-5-3-2-4-8(13)14(15(21)22)20-24-16(23)9-6-11(18)12(19)7-10(9)17/h2-7H,1H3/b20-14+. The fourth-order valence-electron chi connectivity index (χ4n) is 2.25. The minimum Gasteiger partial charge on any atom is -0.312 e. The van der Waals surface area contributed by atoms with Crippen molar-refractivity contribution >= 4 is 34.9 Å². The molecule has 122 valence electrons. The second kappa shape index (κ2) is 6.01. The Labute approximate surface area is 140 Å². The first kappa shape index (κ1) is 16.1. The van der Waals surface area contributed by atoms with Gasteiger partial charge in [0.25, 0.3) is 5.91 Å². The van der Waals surface area contributed by atoms with Crippen molar-refractivity contribution in [2.24, 2.45) is 5.16 Å². The van der Waals surface area contributed by atoms with Crippen molar-refractivity contribution in [3.05, 3.63) is 64.2 Å². The van der Waals surface area contributed by atoms with E-state index in [4.69, 9.17) is 16.4 Å². The normalized spacial score (nSPS) is 14.9. The predicted octanol–water partition coefficient (Wildman–Crippen LogP) is 3.16. The van der Waals surface area contributed by atoms with Gasteiger partial charge < -0.3 is 9.74 Å². The van der Waals surface area contributed by atoms with Crippen LogP contribution in [0.4, 0.5) is 14.5 Å². The molecule has 2 aromatic rings. The fraction of sp³-hybridized carbons (Fsp3) is 0.0625. The number of halogens is 3. The SMILES string of the molecule is CN1C(=O)/C(=N/OC(=O)c2cc(F)c(F)cc2Cl)c2ccccc21. The molecule has 0 bridgehead atoms. The molecule has 24 heavy (non-hydrogen) atoms. The molecule has 0 spiro atoms. The van der Waals surface area contributed by atoms with Crippen molar-refractivity contribution in [1.29, 1.82) is 0 Å². The number of likely N-dealkylation sites (N-methyl/N-ethyl adjacent to an activating group) is 1. The third-order valence-electron chi connectivity index (χ3n) is 3.48. The molecular formula is C16H9ClF2N2O3. The molecule has 5 nitrogen and oxygen atoms in total. The van der Waals surface area contributed by atoms with Crippen LogP contribution >= 0.6 is 11.6 Å². The van der Waals surface area contributed by atoms with Gasteiger partial charge in [0.15, 0.2) is 17.3 Å². The summed E-state index contributed by atoms with van der Waals surface area (Å²) in [7, 11) is 1.55. The van der Waals surface area contributed by atoms with Crippen LogP contribution in [0.1, 0.15) is 15.9 Å². The topological polar surface area (TPSA) is 59.0 Å². The van der Waals surface area contributed by atoms with Crippen LogP contribution in [0.5, 0.6) is 0 Å². The molecule has 1 heterocycles. The van der Waals surface area contributed by atoms with Gasteiger partial charge in [0.2, 0.25) is 0 Å². The van der Waals surface area contributed by atoms with Crippen LogP contribution in [0, 0.1) is 11.6 Å². The molecule has 1 aliphatic rings. The van der Waals surface area contributed by atoms with Gasteiger partial charge in [0, 0.05) is 12.6 Å². The molecule has 0 unspecified atom stereocenters. The lowest BCUT2D eigenvalue weighted by molar-refractivity contribution is -0.112. The summed E-state index contributed by atoms with van der Waals surface area (Å²) in [5.41, 5.74) is 0.643. The highest BCUT2D eigenvalue weighted by Crippen LogP contribution is 2.28. The molecule has 0 saturated heterocycles. The Bertz CT molecular complexity index is 899. The van der Waals surface area contributed by atoms with Gasteiger partial charge in [0.05, 0.1) is 16.3 Å². The van der Waals surface area contributed by atoms with Gasteiger partial charge in [-0.25, -0.2) is 13.6 Å². The number of carbonyl (C=O) groups excluding carboxylic acids is 2. The van der Waals surface area contributed by atoms with E-state index < -0.39 is 29.1 Å². The molecule has 0 N–H and O–H groups in total. The third kappa shape index (κ3) is 2.63. The molecule has 0 aromatic heterocycles. The third-order valence-corrected chi connectivity index (χ3v) is 3.79. The average Bonchev–Trinajstić information content (AvgIpc) is 2.80. The number of benzene rings is 2. The largest absolute Gasteiger partial charge is 0.367 e. The fourth-order valence-corrected chi connectivity index (χ4v) is 2.48. The van der Waals surface area contributed by atoms with Gasteiger partial charge in [-0.3, -0.25) is 4.79 Å². The first-order chi connectivity index (χ1) is 11.4. The maximum absolute atomic E-state index is 13.2. The van der Waals surface area contributed by atoms with Crippen LogP contribution in [0.15, 0.2) is 41.6 Å². The molecule has 1 aliphatic heterocycles. The van der Waals surface area contributed by atoms with E-state index in [0.717, 1.165) is 0 Å². The van der Waals surface area contributed by atoms with E-state index in [2.05, 4.69) is 5.16 Å². The quantitative estimate of drug-likeness (QED) is 0.475. The first-order valence-corrected chi connectivity index (χ1v) is 7.09. The summed E-state index contributed by atoms with van der Waals surface area (Å²) in [6.45, 7) is 0. The number of amides is 1. The summed E-state index contributed by atoms with van der Waals surface area (Å²) >= 11 is 5.69. The van der Waals surface area contributed by atoms with E-state index in [1.807, 2.05) is 0 Å². The van der Waals surface area contributed by atoms with E-state index in [-0.39, 0.29) is 10.7 Å². The summed E-state index contributed by atoms with van der Waals surface area (Å²) in [6.07, 6.45) is 0. The smallest absolute Gasteiger partial charge is 0.312 e. The van der Waals surface area contributed by atoms with Gasteiger partial charge in [-0.15, -0.1) is 0 Å².